The highest BCUT2D eigenvalue weighted by Crippen LogP contribution is 2.30. The molecule has 0 bridgehead atoms. The quantitative estimate of drug-likeness (QED) is 0.924. The van der Waals surface area contributed by atoms with E-state index in [1.54, 1.807) is 0 Å². The van der Waals surface area contributed by atoms with E-state index in [1.165, 1.54) is 23.5 Å². The van der Waals surface area contributed by atoms with E-state index < -0.39 is 0 Å². The maximum absolute atomic E-state index is 6.34. The van der Waals surface area contributed by atoms with Gasteiger partial charge in [-0.25, -0.2) is 0 Å². The second kappa shape index (κ2) is 6.80. The van der Waals surface area contributed by atoms with Gasteiger partial charge in [-0.15, -0.1) is 0 Å². The van der Waals surface area contributed by atoms with Gasteiger partial charge in [0.15, 0.2) is 0 Å². The Kier molecular flexibility index (Phi) is 5.37. The third kappa shape index (κ3) is 3.41. The van der Waals surface area contributed by atoms with Crippen LogP contribution in [0.4, 0.5) is 0 Å². The zero-order valence-corrected chi connectivity index (χ0v) is 12.4. The van der Waals surface area contributed by atoms with Crippen LogP contribution in [0.2, 0.25) is 5.02 Å². The van der Waals surface area contributed by atoms with E-state index >= 15 is 0 Å². The molecule has 1 aliphatic rings. The van der Waals surface area contributed by atoms with Crippen LogP contribution in [0.5, 0.6) is 0 Å². The molecule has 0 radical (unpaired) electrons. The van der Waals surface area contributed by atoms with Crippen molar-refractivity contribution in [2.45, 2.75) is 25.4 Å². The van der Waals surface area contributed by atoms with Crippen molar-refractivity contribution in [2.75, 3.05) is 24.6 Å². The zero-order valence-electron chi connectivity index (χ0n) is 10.8. The molecule has 2 nitrogen and oxygen atoms in total. The molecule has 2 atom stereocenters. The van der Waals surface area contributed by atoms with Crippen molar-refractivity contribution in [2.24, 2.45) is 5.73 Å². The number of halogens is 1. The van der Waals surface area contributed by atoms with Gasteiger partial charge in [0, 0.05) is 23.4 Å². The first-order chi connectivity index (χ1) is 8.70. The van der Waals surface area contributed by atoms with Crippen LogP contribution < -0.4 is 5.73 Å². The standard InChI is InChI=1S/C14H21ClN2S/c1-11(16)14(12-5-2-3-6-13(12)15)17-7-4-9-18-10-8-17/h2-3,5-6,11,14H,4,7-10,16H2,1H3. The Bertz CT molecular complexity index is 376. The van der Waals surface area contributed by atoms with Gasteiger partial charge in [0.1, 0.15) is 0 Å². The van der Waals surface area contributed by atoms with Gasteiger partial charge in [-0.3, -0.25) is 4.90 Å². The molecular formula is C14H21ClN2S. The summed E-state index contributed by atoms with van der Waals surface area (Å²) in [6.45, 7) is 4.29. The molecule has 1 aliphatic heterocycles. The fourth-order valence-corrected chi connectivity index (χ4v) is 3.72. The van der Waals surface area contributed by atoms with Crippen LogP contribution in [-0.2, 0) is 0 Å². The predicted molar refractivity (Wildman–Crippen MR) is 81.4 cm³/mol. The molecule has 2 unspecified atom stereocenters. The van der Waals surface area contributed by atoms with Crippen molar-refractivity contribution < 1.29 is 0 Å². The molecule has 2 rings (SSSR count). The Morgan fingerprint density at radius 2 is 2.06 bits per heavy atom. The predicted octanol–water partition coefficient (Wildman–Crippen LogP) is 3.17. The largest absolute Gasteiger partial charge is 0.326 e. The number of nitrogens with two attached hydrogens (primary N) is 1. The molecule has 4 heteroatoms. The second-order valence-corrected chi connectivity index (χ2v) is 6.46. The molecule has 0 aliphatic carbocycles. The van der Waals surface area contributed by atoms with E-state index in [4.69, 9.17) is 17.3 Å². The van der Waals surface area contributed by atoms with E-state index in [0.29, 0.717) is 0 Å². The van der Waals surface area contributed by atoms with Crippen molar-refractivity contribution in [3.05, 3.63) is 34.9 Å². The van der Waals surface area contributed by atoms with Crippen LogP contribution in [0, 0.1) is 0 Å². The van der Waals surface area contributed by atoms with Gasteiger partial charge in [0.25, 0.3) is 0 Å². The van der Waals surface area contributed by atoms with Crippen molar-refractivity contribution in [1.82, 2.24) is 4.90 Å². The number of hydrogen-bond acceptors (Lipinski definition) is 3. The van der Waals surface area contributed by atoms with Crippen LogP contribution in [0.25, 0.3) is 0 Å². The van der Waals surface area contributed by atoms with Crippen molar-refractivity contribution in [1.29, 1.82) is 0 Å². The van der Waals surface area contributed by atoms with Crippen LogP contribution in [-0.4, -0.2) is 35.5 Å². The molecule has 0 spiro atoms. The smallest absolute Gasteiger partial charge is 0.0511 e. The molecule has 1 saturated heterocycles. The molecule has 0 saturated carbocycles. The summed E-state index contributed by atoms with van der Waals surface area (Å²) in [5.74, 6) is 2.44. The summed E-state index contributed by atoms with van der Waals surface area (Å²) >= 11 is 8.37. The number of thioether (sulfide) groups is 1. The van der Waals surface area contributed by atoms with E-state index in [-0.39, 0.29) is 12.1 Å². The minimum absolute atomic E-state index is 0.0907. The molecular weight excluding hydrogens is 264 g/mol. The second-order valence-electron chi connectivity index (χ2n) is 4.83. The van der Waals surface area contributed by atoms with Gasteiger partial charge < -0.3 is 5.73 Å². The van der Waals surface area contributed by atoms with E-state index in [9.17, 15) is 0 Å². The van der Waals surface area contributed by atoms with Gasteiger partial charge in [-0.1, -0.05) is 29.8 Å². The topological polar surface area (TPSA) is 29.3 Å². The number of rotatable bonds is 3. The average molecular weight is 285 g/mol. The highest BCUT2D eigenvalue weighted by Gasteiger charge is 2.26. The Hall–Kier alpha value is -0.220. The summed E-state index contributed by atoms with van der Waals surface area (Å²) in [4.78, 5) is 2.49. The highest BCUT2D eigenvalue weighted by atomic mass is 35.5. The Labute approximate surface area is 119 Å². The fraction of sp³-hybridized carbons (Fsp3) is 0.571. The van der Waals surface area contributed by atoms with Crippen LogP contribution >= 0.6 is 23.4 Å². The first-order valence-corrected chi connectivity index (χ1v) is 8.05. The molecule has 0 aromatic heterocycles. The molecule has 2 N–H and O–H groups in total. The monoisotopic (exact) mass is 284 g/mol. The summed E-state index contributed by atoms with van der Waals surface area (Å²) < 4.78 is 0. The average Bonchev–Trinajstić information content (AvgIpc) is 2.60. The van der Waals surface area contributed by atoms with Crippen molar-refractivity contribution in [3.8, 4) is 0 Å². The van der Waals surface area contributed by atoms with Gasteiger partial charge in [0.05, 0.1) is 6.04 Å². The third-order valence-corrected chi connectivity index (χ3v) is 4.76. The summed E-state index contributed by atoms with van der Waals surface area (Å²) in [7, 11) is 0. The summed E-state index contributed by atoms with van der Waals surface area (Å²) in [6.07, 6.45) is 1.23. The summed E-state index contributed by atoms with van der Waals surface area (Å²) in [5.41, 5.74) is 7.38. The van der Waals surface area contributed by atoms with Crippen molar-refractivity contribution in [3.63, 3.8) is 0 Å². The summed E-state index contributed by atoms with van der Waals surface area (Å²) in [6, 6.07) is 8.41. The Morgan fingerprint density at radius 3 is 2.78 bits per heavy atom. The molecule has 1 aromatic rings. The van der Waals surface area contributed by atoms with E-state index in [1.807, 2.05) is 30.0 Å². The molecule has 0 amide bonds. The highest BCUT2D eigenvalue weighted by molar-refractivity contribution is 7.99. The minimum Gasteiger partial charge on any atom is -0.326 e. The molecule has 100 valence electrons. The minimum atomic E-state index is 0.0907. The Morgan fingerprint density at radius 1 is 1.28 bits per heavy atom. The third-order valence-electron chi connectivity index (χ3n) is 3.37. The zero-order chi connectivity index (χ0) is 13.0. The lowest BCUT2D eigenvalue weighted by Gasteiger charge is -2.34. The lowest BCUT2D eigenvalue weighted by atomic mass is 9.99. The number of nitrogens with zero attached hydrogens (tertiary/aromatic N) is 1. The molecule has 18 heavy (non-hydrogen) atoms. The normalized spacial score (nSPS) is 21.3. The lowest BCUT2D eigenvalue weighted by molar-refractivity contribution is 0.190. The first kappa shape index (κ1) is 14.2. The lowest BCUT2D eigenvalue weighted by Crippen LogP contribution is -2.40. The number of benzene rings is 1. The maximum Gasteiger partial charge on any atom is 0.0511 e. The molecule has 1 fully saturated rings. The SMILES string of the molecule is CC(N)C(c1ccccc1Cl)N1CCCSCC1. The summed E-state index contributed by atoms with van der Waals surface area (Å²) in [5, 5.41) is 0.830. The fourth-order valence-electron chi connectivity index (χ4n) is 2.57. The van der Waals surface area contributed by atoms with Crippen LogP contribution in [0.3, 0.4) is 0 Å². The maximum atomic E-state index is 6.34. The van der Waals surface area contributed by atoms with Crippen LogP contribution in [0.15, 0.2) is 24.3 Å². The van der Waals surface area contributed by atoms with Gasteiger partial charge in [0.2, 0.25) is 0 Å². The first-order valence-electron chi connectivity index (χ1n) is 6.52. The molecule has 1 aromatic carbocycles. The van der Waals surface area contributed by atoms with Crippen molar-refractivity contribution >= 4 is 23.4 Å². The van der Waals surface area contributed by atoms with Crippen LogP contribution in [0.1, 0.15) is 24.9 Å². The number of hydrogen-bond donors (Lipinski definition) is 1. The Balaban J connectivity index is 2.24. The molecule has 1 heterocycles. The van der Waals surface area contributed by atoms with E-state index in [0.717, 1.165) is 18.1 Å². The van der Waals surface area contributed by atoms with Gasteiger partial charge in [-0.2, -0.15) is 11.8 Å². The van der Waals surface area contributed by atoms with Gasteiger partial charge in [-0.05, 0) is 37.3 Å². The van der Waals surface area contributed by atoms with Gasteiger partial charge >= 0.3 is 0 Å². The van der Waals surface area contributed by atoms with E-state index in [2.05, 4.69) is 17.9 Å².